The number of aromatic nitrogens is 2. The van der Waals surface area contributed by atoms with Crippen molar-refractivity contribution in [3.8, 4) is 5.75 Å². The van der Waals surface area contributed by atoms with Crippen molar-refractivity contribution in [1.82, 2.24) is 9.55 Å². The number of sulfone groups is 1. The second kappa shape index (κ2) is 6.94. The molecule has 8 heteroatoms. The van der Waals surface area contributed by atoms with Crippen molar-refractivity contribution in [2.75, 3.05) is 11.1 Å². The number of aromatic hydroxyl groups is 1. The molecule has 0 unspecified atom stereocenters. The highest BCUT2D eigenvalue weighted by Gasteiger charge is 2.30. The number of benzene rings is 2. The minimum absolute atomic E-state index is 0.0382. The number of para-hydroxylation sites is 2. The maximum Gasteiger partial charge on any atom is 0.244 e. The summed E-state index contributed by atoms with van der Waals surface area (Å²) in [6, 6.07) is 11.6. The molecule has 7 nitrogen and oxygen atoms in total. The molecule has 1 aromatic heterocycles. The van der Waals surface area contributed by atoms with E-state index in [4.69, 9.17) is 0 Å². The van der Waals surface area contributed by atoms with E-state index in [-0.39, 0.29) is 34.5 Å². The summed E-state index contributed by atoms with van der Waals surface area (Å²) in [5.74, 6) is 0.666. The van der Waals surface area contributed by atoms with E-state index in [0.29, 0.717) is 5.92 Å². The minimum Gasteiger partial charge on any atom is -0.506 e. The number of carbonyl (C=O) groups is 1. The first-order chi connectivity index (χ1) is 13.4. The Bertz CT molecular complexity index is 1160. The predicted octanol–water partition coefficient (Wildman–Crippen LogP) is 3.05. The zero-order valence-electron chi connectivity index (χ0n) is 15.4. The fraction of sp³-hybridized carbons (Fsp3) is 0.300. The van der Waals surface area contributed by atoms with Crippen LogP contribution in [-0.2, 0) is 21.2 Å². The van der Waals surface area contributed by atoms with E-state index in [1.54, 1.807) is 6.92 Å². The van der Waals surface area contributed by atoms with Gasteiger partial charge in [0.15, 0.2) is 9.84 Å². The molecule has 0 aliphatic heterocycles. The smallest absolute Gasteiger partial charge is 0.244 e. The molecule has 1 fully saturated rings. The van der Waals surface area contributed by atoms with Crippen LogP contribution < -0.4 is 5.32 Å². The summed E-state index contributed by atoms with van der Waals surface area (Å²) in [4.78, 5) is 17.4. The van der Waals surface area contributed by atoms with Crippen molar-refractivity contribution >= 4 is 32.5 Å². The Morgan fingerprint density at radius 2 is 2.00 bits per heavy atom. The first-order valence-corrected chi connectivity index (χ1v) is 10.8. The molecule has 0 bridgehead atoms. The van der Waals surface area contributed by atoms with Crippen molar-refractivity contribution in [2.24, 2.45) is 0 Å². The van der Waals surface area contributed by atoms with E-state index in [2.05, 4.69) is 10.3 Å². The van der Waals surface area contributed by atoms with Gasteiger partial charge >= 0.3 is 0 Å². The molecule has 0 saturated heterocycles. The third-order valence-electron chi connectivity index (χ3n) is 4.91. The Morgan fingerprint density at radius 3 is 2.71 bits per heavy atom. The molecule has 1 saturated carbocycles. The molecule has 28 heavy (non-hydrogen) atoms. The van der Waals surface area contributed by atoms with Crippen LogP contribution in [0.4, 0.5) is 5.69 Å². The summed E-state index contributed by atoms with van der Waals surface area (Å²) in [5.41, 5.74) is 1.80. The highest BCUT2D eigenvalue weighted by molar-refractivity contribution is 7.91. The number of anilines is 1. The number of phenols is 1. The van der Waals surface area contributed by atoms with Crippen LogP contribution in [-0.4, -0.2) is 34.7 Å². The molecule has 0 radical (unpaired) electrons. The van der Waals surface area contributed by atoms with Gasteiger partial charge in [0.2, 0.25) is 5.91 Å². The average molecular weight is 399 g/mol. The lowest BCUT2D eigenvalue weighted by atomic mass is 10.3. The molecule has 2 aromatic carbocycles. The van der Waals surface area contributed by atoms with E-state index in [9.17, 15) is 18.3 Å². The van der Waals surface area contributed by atoms with Crippen LogP contribution >= 0.6 is 0 Å². The number of fused-ring (bicyclic) bond motifs is 1. The number of nitrogens with zero attached hydrogens (tertiary/aromatic N) is 2. The van der Waals surface area contributed by atoms with Crippen LogP contribution in [0.1, 0.15) is 31.5 Å². The molecule has 0 spiro atoms. The van der Waals surface area contributed by atoms with Crippen molar-refractivity contribution in [3.63, 3.8) is 0 Å². The number of amides is 1. The third kappa shape index (κ3) is 3.47. The van der Waals surface area contributed by atoms with Crippen molar-refractivity contribution in [1.29, 1.82) is 0 Å². The highest BCUT2D eigenvalue weighted by Crippen LogP contribution is 2.40. The van der Waals surface area contributed by atoms with E-state index >= 15 is 0 Å². The SMILES string of the molecule is CCS(=O)(=O)c1ccc(O)c(NC(=O)Cn2c(C3CC3)nc3ccccc32)c1. The molecule has 1 aliphatic rings. The quantitative estimate of drug-likeness (QED) is 0.621. The lowest BCUT2D eigenvalue weighted by Gasteiger charge is -2.12. The van der Waals surface area contributed by atoms with Crippen molar-refractivity contribution < 1.29 is 18.3 Å². The highest BCUT2D eigenvalue weighted by atomic mass is 32.2. The van der Waals surface area contributed by atoms with Gasteiger partial charge in [0.1, 0.15) is 18.1 Å². The van der Waals surface area contributed by atoms with Gasteiger partial charge in [-0.2, -0.15) is 0 Å². The number of hydrogen-bond acceptors (Lipinski definition) is 5. The van der Waals surface area contributed by atoms with Gasteiger partial charge in [0, 0.05) is 5.92 Å². The van der Waals surface area contributed by atoms with Crippen LogP contribution in [0.5, 0.6) is 5.75 Å². The summed E-state index contributed by atoms with van der Waals surface area (Å²) in [5, 5.41) is 12.7. The molecule has 0 atom stereocenters. The van der Waals surface area contributed by atoms with Crippen molar-refractivity contribution in [3.05, 3.63) is 48.3 Å². The largest absolute Gasteiger partial charge is 0.506 e. The molecule has 1 heterocycles. The van der Waals surface area contributed by atoms with Crippen LogP contribution in [0, 0.1) is 0 Å². The Morgan fingerprint density at radius 1 is 1.25 bits per heavy atom. The number of carbonyl (C=O) groups excluding carboxylic acids is 1. The van der Waals surface area contributed by atoms with E-state index < -0.39 is 9.84 Å². The third-order valence-corrected chi connectivity index (χ3v) is 6.64. The van der Waals surface area contributed by atoms with Gasteiger partial charge in [-0.25, -0.2) is 13.4 Å². The normalized spacial score (nSPS) is 14.3. The number of phenolic OH excluding ortho intramolecular Hbond substituents is 1. The zero-order chi connectivity index (χ0) is 19.9. The van der Waals surface area contributed by atoms with Gasteiger partial charge in [-0.1, -0.05) is 19.1 Å². The maximum absolute atomic E-state index is 12.7. The molecule has 1 amide bonds. The fourth-order valence-electron chi connectivity index (χ4n) is 3.22. The lowest BCUT2D eigenvalue weighted by molar-refractivity contribution is -0.116. The summed E-state index contributed by atoms with van der Waals surface area (Å²) >= 11 is 0. The number of rotatable bonds is 6. The van der Waals surface area contributed by atoms with Crippen LogP contribution in [0.25, 0.3) is 11.0 Å². The van der Waals surface area contributed by atoms with Crippen LogP contribution in [0.2, 0.25) is 0 Å². The van der Waals surface area contributed by atoms with Gasteiger partial charge in [0.25, 0.3) is 0 Å². The predicted molar refractivity (Wildman–Crippen MR) is 106 cm³/mol. The molecule has 146 valence electrons. The Labute approximate surface area is 162 Å². The first-order valence-electron chi connectivity index (χ1n) is 9.20. The zero-order valence-corrected chi connectivity index (χ0v) is 16.2. The fourth-order valence-corrected chi connectivity index (χ4v) is 4.13. The van der Waals surface area contributed by atoms with E-state index in [0.717, 1.165) is 29.7 Å². The molecule has 1 aliphatic carbocycles. The standard InChI is InChI=1S/C20H21N3O4S/c1-2-28(26,27)14-9-10-18(24)16(11-14)21-19(25)12-23-17-6-4-3-5-15(17)22-20(23)13-7-8-13/h3-6,9-11,13,24H,2,7-8,12H2,1H3,(H,21,25). The monoisotopic (exact) mass is 399 g/mol. The minimum atomic E-state index is -3.44. The van der Waals surface area contributed by atoms with Gasteiger partial charge in [-0.15, -0.1) is 0 Å². The van der Waals surface area contributed by atoms with Gasteiger partial charge in [0.05, 0.1) is 27.4 Å². The molecular formula is C20H21N3O4S. The molecular weight excluding hydrogens is 378 g/mol. The van der Waals surface area contributed by atoms with E-state index in [1.165, 1.54) is 18.2 Å². The Hall–Kier alpha value is -2.87. The molecule has 2 N–H and O–H groups in total. The van der Waals surface area contributed by atoms with Crippen LogP contribution in [0.3, 0.4) is 0 Å². The summed E-state index contributed by atoms with van der Waals surface area (Å²) in [6.07, 6.45) is 2.12. The van der Waals surface area contributed by atoms with E-state index in [1.807, 2.05) is 28.8 Å². The first kappa shape index (κ1) is 18.5. The lowest BCUT2D eigenvalue weighted by Crippen LogP contribution is -2.20. The molecule has 4 rings (SSSR count). The number of nitrogens with one attached hydrogen (secondary N) is 1. The Balaban J connectivity index is 1.62. The summed E-state index contributed by atoms with van der Waals surface area (Å²) < 4.78 is 26.0. The van der Waals surface area contributed by atoms with Crippen molar-refractivity contribution in [2.45, 2.75) is 37.1 Å². The topological polar surface area (TPSA) is 101 Å². The average Bonchev–Trinajstić information content (AvgIpc) is 3.46. The number of hydrogen-bond donors (Lipinski definition) is 2. The van der Waals surface area contributed by atoms with Gasteiger partial charge < -0.3 is 15.0 Å². The second-order valence-electron chi connectivity index (χ2n) is 6.95. The maximum atomic E-state index is 12.7. The summed E-state index contributed by atoms with van der Waals surface area (Å²) in [6.45, 7) is 1.58. The summed E-state index contributed by atoms with van der Waals surface area (Å²) in [7, 11) is -3.44. The van der Waals surface area contributed by atoms with Gasteiger partial charge in [-0.3, -0.25) is 4.79 Å². The molecule has 3 aromatic rings. The van der Waals surface area contributed by atoms with Gasteiger partial charge in [-0.05, 0) is 43.2 Å². The second-order valence-corrected chi connectivity index (χ2v) is 9.23. The van der Waals surface area contributed by atoms with Crippen LogP contribution in [0.15, 0.2) is 47.4 Å². The number of imidazole rings is 1. The Kier molecular flexibility index (Phi) is 4.58.